The highest BCUT2D eigenvalue weighted by molar-refractivity contribution is 5.66. The molecule has 1 aromatic heterocycles. The number of nitrogens with one attached hydrogen (secondary N) is 1. The molecule has 0 fully saturated rings. The lowest BCUT2D eigenvalue weighted by atomic mass is 10.1. The smallest absolute Gasteiger partial charge is 0.151 e. The molecular formula is C16H22N2O3. The molecule has 21 heavy (non-hydrogen) atoms. The minimum absolute atomic E-state index is 0.366. The summed E-state index contributed by atoms with van der Waals surface area (Å²) in [5, 5.41) is 7.50. The summed E-state index contributed by atoms with van der Waals surface area (Å²) in [5.74, 6) is 1.60. The minimum Gasteiger partial charge on any atom is -0.496 e. The molecule has 2 aromatic rings. The number of ether oxygens (including phenoxy) is 2. The molecule has 0 radical (unpaired) electrons. The molecule has 2 rings (SSSR count). The van der Waals surface area contributed by atoms with Gasteiger partial charge in [-0.3, -0.25) is 0 Å². The normalized spacial score (nSPS) is 12.3. The zero-order valence-electron chi connectivity index (χ0n) is 12.8. The van der Waals surface area contributed by atoms with Gasteiger partial charge >= 0.3 is 0 Å². The molecule has 0 saturated carbocycles. The van der Waals surface area contributed by atoms with Gasteiger partial charge in [-0.2, -0.15) is 0 Å². The maximum atomic E-state index is 5.37. The van der Waals surface area contributed by atoms with Crippen molar-refractivity contribution in [2.45, 2.75) is 25.9 Å². The van der Waals surface area contributed by atoms with E-state index in [0.717, 1.165) is 35.8 Å². The number of hydrogen-bond acceptors (Lipinski definition) is 5. The molecule has 0 bridgehead atoms. The van der Waals surface area contributed by atoms with Gasteiger partial charge in [-0.1, -0.05) is 17.3 Å². The summed E-state index contributed by atoms with van der Waals surface area (Å²) >= 11 is 0. The molecule has 5 nitrogen and oxygen atoms in total. The second-order valence-corrected chi connectivity index (χ2v) is 4.94. The van der Waals surface area contributed by atoms with E-state index in [4.69, 9.17) is 14.0 Å². The Morgan fingerprint density at radius 3 is 2.86 bits per heavy atom. The predicted molar refractivity (Wildman–Crippen MR) is 81.3 cm³/mol. The van der Waals surface area contributed by atoms with Gasteiger partial charge in [0.05, 0.1) is 13.7 Å². The second-order valence-electron chi connectivity index (χ2n) is 4.94. The fraction of sp³-hybridized carbons (Fsp3) is 0.438. The molecule has 5 heteroatoms. The zero-order chi connectivity index (χ0) is 15.1. The van der Waals surface area contributed by atoms with Crippen LogP contribution in [0.1, 0.15) is 19.1 Å². The van der Waals surface area contributed by atoms with E-state index in [1.165, 1.54) is 0 Å². The average Bonchev–Trinajstić information content (AvgIpc) is 2.99. The van der Waals surface area contributed by atoms with Gasteiger partial charge in [-0.25, -0.2) is 0 Å². The largest absolute Gasteiger partial charge is 0.496 e. The van der Waals surface area contributed by atoms with Gasteiger partial charge in [0.25, 0.3) is 0 Å². The van der Waals surface area contributed by atoms with E-state index in [9.17, 15) is 0 Å². The summed E-state index contributed by atoms with van der Waals surface area (Å²) in [6, 6.07) is 10.1. The molecule has 1 N–H and O–H groups in total. The van der Waals surface area contributed by atoms with Crippen LogP contribution >= 0.6 is 0 Å². The van der Waals surface area contributed by atoms with Crippen molar-refractivity contribution < 1.29 is 14.0 Å². The summed E-state index contributed by atoms with van der Waals surface area (Å²) in [6.45, 7) is 3.51. The molecule has 0 aliphatic heterocycles. The number of para-hydroxylation sites is 1. The summed E-state index contributed by atoms with van der Waals surface area (Å²) in [4.78, 5) is 0. The Hall–Kier alpha value is -1.85. The van der Waals surface area contributed by atoms with Crippen LogP contribution in [-0.4, -0.2) is 32.0 Å². The van der Waals surface area contributed by atoms with E-state index >= 15 is 0 Å². The van der Waals surface area contributed by atoms with Crippen LogP contribution in [0.25, 0.3) is 11.3 Å². The summed E-state index contributed by atoms with van der Waals surface area (Å²) < 4.78 is 15.8. The van der Waals surface area contributed by atoms with E-state index in [-0.39, 0.29) is 0 Å². The molecule has 0 saturated heterocycles. The maximum absolute atomic E-state index is 5.37. The zero-order valence-corrected chi connectivity index (χ0v) is 12.8. The van der Waals surface area contributed by atoms with Crippen molar-refractivity contribution >= 4 is 0 Å². The Morgan fingerprint density at radius 1 is 1.29 bits per heavy atom. The number of methoxy groups -OCH3 is 2. The van der Waals surface area contributed by atoms with Crippen molar-refractivity contribution in [1.29, 1.82) is 0 Å². The van der Waals surface area contributed by atoms with Gasteiger partial charge in [-0.05, 0) is 25.5 Å². The lowest BCUT2D eigenvalue weighted by Gasteiger charge is -2.11. The fourth-order valence-corrected chi connectivity index (χ4v) is 2.05. The topological polar surface area (TPSA) is 56.5 Å². The van der Waals surface area contributed by atoms with Crippen LogP contribution in [0.15, 0.2) is 34.9 Å². The Balaban J connectivity index is 1.98. The first-order chi connectivity index (χ1) is 10.2. The van der Waals surface area contributed by atoms with Gasteiger partial charge in [0, 0.05) is 31.4 Å². The lowest BCUT2D eigenvalue weighted by molar-refractivity contribution is 0.184. The quantitative estimate of drug-likeness (QED) is 0.810. The predicted octanol–water partition coefficient (Wildman–Crippen LogP) is 2.86. The highest BCUT2D eigenvalue weighted by Crippen LogP contribution is 2.28. The SMILES string of the molecule is COCC[C@H](C)NCc1cc(-c2ccccc2OC)no1. The monoisotopic (exact) mass is 290 g/mol. The third-order valence-corrected chi connectivity index (χ3v) is 3.32. The fourth-order valence-electron chi connectivity index (χ4n) is 2.05. The molecule has 0 aliphatic rings. The highest BCUT2D eigenvalue weighted by atomic mass is 16.5. The Kier molecular flexibility index (Phi) is 5.78. The lowest BCUT2D eigenvalue weighted by Crippen LogP contribution is -2.26. The van der Waals surface area contributed by atoms with Crippen molar-refractivity contribution in [3.05, 3.63) is 36.1 Å². The van der Waals surface area contributed by atoms with Crippen LogP contribution in [-0.2, 0) is 11.3 Å². The Morgan fingerprint density at radius 2 is 2.10 bits per heavy atom. The van der Waals surface area contributed by atoms with E-state index in [0.29, 0.717) is 12.6 Å². The third-order valence-electron chi connectivity index (χ3n) is 3.32. The summed E-state index contributed by atoms with van der Waals surface area (Å²) in [5.41, 5.74) is 1.72. The highest BCUT2D eigenvalue weighted by Gasteiger charge is 2.11. The number of hydrogen-bond donors (Lipinski definition) is 1. The first-order valence-corrected chi connectivity index (χ1v) is 7.06. The standard InChI is InChI=1S/C16H22N2O3/c1-12(8-9-19-2)17-11-13-10-15(18-21-13)14-6-4-5-7-16(14)20-3/h4-7,10,12,17H,8-9,11H2,1-3H3/t12-/m0/s1. The molecule has 0 amide bonds. The van der Waals surface area contributed by atoms with Crippen molar-refractivity contribution in [3.8, 4) is 17.0 Å². The van der Waals surface area contributed by atoms with E-state index in [2.05, 4.69) is 17.4 Å². The van der Waals surface area contributed by atoms with Crippen LogP contribution in [0.5, 0.6) is 5.75 Å². The molecular weight excluding hydrogens is 268 g/mol. The average molecular weight is 290 g/mol. The van der Waals surface area contributed by atoms with Crippen molar-refractivity contribution in [1.82, 2.24) is 10.5 Å². The van der Waals surface area contributed by atoms with Gasteiger partial charge in [0.15, 0.2) is 5.76 Å². The van der Waals surface area contributed by atoms with Crippen molar-refractivity contribution in [3.63, 3.8) is 0 Å². The molecule has 1 heterocycles. The second kappa shape index (κ2) is 7.81. The Labute approximate surface area is 125 Å². The third kappa shape index (κ3) is 4.31. The number of aromatic nitrogens is 1. The number of benzene rings is 1. The van der Waals surface area contributed by atoms with Gasteiger partial charge in [-0.15, -0.1) is 0 Å². The van der Waals surface area contributed by atoms with E-state index < -0.39 is 0 Å². The number of nitrogens with zero attached hydrogens (tertiary/aromatic N) is 1. The summed E-state index contributed by atoms with van der Waals surface area (Å²) in [6.07, 6.45) is 0.962. The van der Waals surface area contributed by atoms with E-state index in [1.54, 1.807) is 14.2 Å². The van der Waals surface area contributed by atoms with Crippen molar-refractivity contribution in [2.75, 3.05) is 20.8 Å². The molecule has 0 aliphatic carbocycles. The van der Waals surface area contributed by atoms with Crippen LogP contribution in [0, 0.1) is 0 Å². The van der Waals surface area contributed by atoms with Crippen LogP contribution in [0.4, 0.5) is 0 Å². The first kappa shape index (κ1) is 15.5. The molecule has 0 spiro atoms. The number of rotatable bonds is 8. The van der Waals surface area contributed by atoms with Crippen LogP contribution < -0.4 is 10.1 Å². The molecule has 0 unspecified atom stereocenters. The van der Waals surface area contributed by atoms with Crippen LogP contribution in [0.3, 0.4) is 0 Å². The van der Waals surface area contributed by atoms with E-state index in [1.807, 2.05) is 30.3 Å². The Bertz CT molecular complexity index is 554. The van der Waals surface area contributed by atoms with Crippen LogP contribution in [0.2, 0.25) is 0 Å². The van der Waals surface area contributed by atoms with Gasteiger partial charge in [0.2, 0.25) is 0 Å². The van der Waals surface area contributed by atoms with Crippen molar-refractivity contribution in [2.24, 2.45) is 0 Å². The maximum Gasteiger partial charge on any atom is 0.151 e. The summed E-state index contributed by atoms with van der Waals surface area (Å²) in [7, 11) is 3.36. The molecule has 114 valence electrons. The van der Waals surface area contributed by atoms with Gasteiger partial charge < -0.3 is 19.3 Å². The first-order valence-electron chi connectivity index (χ1n) is 7.06. The minimum atomic E-state index is 0.366. The van der Waals surface area contributed by atoms with Gasteiger partial charge in [0.1, 0.15) is 11.4 Å². The molecule has 1 atom stereocenters. The molecule has 1 aromatic carbocycles.